The first kappa shape index (κ1) is 32.0. The average Bonchev–Trinajstić information content (AvgIpc) is 3.62. The number of rotatable bonds is 7. The van der Waals surface area contributed by atoms with E-state index < -0.39 is 0 Å². The van der Waals surface area contributed by atoms with Crippen molar-refractivity contribution in [3.8, 4) is 39.1 Å². The molecule has 0 spiro atoms. The van der Waals surface area contributed by atoms with Gasteiger partial charge in [-0.1, -0.05) is 152 Å². The molecule has 0 fully saturated rings. The Balaban J connectivity index is 1.01. The third kappa shape index (κ3) is 5.34. The molecule has 0 N–H and O–H groups in total. The third-order valence-electron chi connectivity index (χ3n) is 11.3. The second kappa shape index (κ2) is 13.2. The van der Waals surface area contributed by atoms with Gasteiger partial charge in [0.15, 0.2) is 0 Å². The lowest BCUT2D eigenvalue weighted by atomic mass is 9.93. The minimum atomic E-state index is 1.11. The minimum absolute atomic E-state index is 1.11. The first-order valence-electron chi connectivity index (χ1n) is 19.3. The molecule has 11 rings (SSSR count). The zero-order valence-electron chi connectivity index (χ0n) is 30.7. The third-order valence-corrected chi connectivity index (χ3v) is 11.3. The predicted molar refractivity (Wildman–Crippen MR) is 238 cm³/mol. The van der Waals surface area contributed by atoms with Crippen molar-refractivity contribution in [3.63, 3.8) is 0 Å². The van der Waals surface area contributed by atoms with Crippen LogP contribution in [0, 0.1) is 0 Å². The Kier molecular flexibility index (Phi) is 7.53. The average molecular weight is 713 g/mol. The number of para-hydroxylation sites is 1. The summed E-state index contributed by atoms with van der Waals surface area (Å²) >= 11 is 0. The van der Waals surface area contributed by atoms with Gasteiger partial charge in [-0.05, 0) is 122 Å². The van der Waals surface area contributed by atoms with Gasteiger partial charge in [-0.3, -0.25) is 0 Å². The summed E-state index contributed by atoms with van der Waals surface area (Å²) in [4.78, 5) is 2.36. The van der Waals surface area contributed by atoms with Crippen molar-refractivity contribution in [2.75, 3.05) is 4.90 Å². The molecule has 0 saturated carbocycles. The molecule has 0 unspecified atom stereocenters. The largest absolute Gasteiger partial charge is 0.310 e. The molecule has 0 aliphatic rings. The zero-order valence-corrected chi connectivity index (χ0v) is 30.7. The molecule has 1 aromatic heterocycles. The van der Waals surface area contributed by atoms with Crippen LogP contribution in [-0.2, 0) is 0 Å². The Morgan fingerprint density at radius 2 is 0.821 bits per heavy atom. The van der Waals surface area contributed by atoms with E-state index in [1.807, 2.05) is 0 Å². The van der Waals surface area contributed by atoms with Crippen LogP contribution in [0.4, 0.5) is 17.1 Å². The molecule has 2 heteroatoms. The zero-order chi connectivity index (χ0) is 37.0. The van der Waals surface area contributed by atoms with Crippen LogP contribution >= 0.6 is 0 Å². The van der Waals surface area contributed by atoms with Gasteiger partial charge >= 0.3 is 0 Å². The Labute approximate surface area is 326 Å². The van der Waals surface area contributed by atoms with E-state index in [9.17, 15) is 0 Å². The summed E-state index contributed by atoms with van der Waals surface area (Å²) in [7, 11) is 0. The lowest BCUT2D eigenvalue weighted by molar-refractivity contribution is 1.18. The molecule has 56 heavy (non-hydrogen) atoms. The van der Waals surface area contributed by atoms with Gasteiger partial charge in [-0.25, -0.2) is 0 Å². The number of nitrogens with zero attached hydrogens (tertiary/aromatic N) is 2. The Hall–Kier alpha value is -7.42. The molecular weight excluding hydrogens is 677 g/mol. The van der Waals surface area contributed by atoms with Crippen molar-refractivity contribution in [3.05, 3.63) is 218 Å². The molecule has 0 bridgehead atoms. The molecule has 11 aromatic rings. The van der Waals surface area contributed by atoms with E-state index in [2.05, 4.69) is 228 Å². The molecule has 0 atom stereocenters. The predicted octanol–water partition coefficient (Wildman–Crippen LogP) is 15.0. The summed E-state index contributed by atoms with van der Waals surface area (Å²) in [6.45, 7) is 0. The topological polar surface area (TPSA) is 8.17 Å². The maximum Gasteiger partial charge on any atom is 0.0547 e. The standard InChI is InChI=1S/C54H36N2/c1-4-11-37(12-5-1)39-21-27-46(28-22-39)55(47-29-23-40(24-30-47)38-13-6-2-7-14-38)48-31-25-42-35-44(20-19-43(42)36-48)49-33-34-52-54-50(49)32-26-41-15-10-18-51(53(41)54)56(52)45-16-8-3-9-17-45/h1-36H. The van der Waals surface area contributed by atoms with E-state index in [-0.39, 0.29) is 0 Å². The molecule has 2 nitrogen and oxygen atoms in total. The van der Waals surface area contributed by atoms with Gasteiger partial charge in [0.05, 0.1) is 11.0 Å². The van der Waals surface area contributed by atoms with E-state index in [0.717, 1.165) is 17.1 Å². The highest BCUT2D eigenvalue weighted by atomic mass is 15.1. The van der Waals surface area contributed by atoms with Crippen LogP contribution in [-0.4, -0.2) is 4.57 Å². The lowest BCUT2D eigenvalue weighted by Crippen LogP contribution is -2.09. The summed E-state index contributed by atoms with van der Waals surface area (Å²) in [5, 5.41) is 7.61. The van der Waals surface area contributed by atoms with Crippen molar-refractivity contribution in [1.29, 1.82) is 0 Å². The second-order valence-corrected chi connectivity index (χ2v) is 14.6. The van der Waals surface area contributed by atoms with Crippen LogP contribution in [0.25, 0.3) is 82.4 Å². The molecule has 10 aromatic carbocycles. The van der Waals surface area contributed by atoms with E-state index in [1.165, 1.54) is 82.4 Å². The van der Waals surface area contributed by atoms with Crippen LogP contribution in [0.1, 0.15) is 0 Å². The van der Waals surface area contributed by atoms with Crippen LogP contribution in [0.5, 0.6) is 0 Å². The highest BCUT2D eigenvalue weighted by Gasteiger charge is 2.19. The highest BCUT2D eigenvalue weighted by molar-refractivity contribution is 6.26. The van der Waals surface area contributed by atoms with Crippen molar-refractivity contribution >= 4 is 60.4 Å². The Morgan fingerprint density at radius 3 is 1.48 bits per heavy atom. The van der Waals surface area contributed by atoms with Gasteiger partial charge in [-0.15, -0.1) is 0 Å². The second-order valence-electron chi connectivity index (χ2n) is 14.6. The number of fused-ring (bicyclic) bond motifs is 1. The maximum absolute atomic E-state index is 2.41. The van der Waals surface area contributed by atoms with Crippen LogP contribution < -0.4 is 4.90 Å². The number of anilines is 3. The normalized spacial score (nSPS) is 11.6. The fourth-order valence-corrected chi connectivity index (χ4v) is 8.65. The van der Waals surface area contributed by atoms with E-state index in [4.69, 9.17) is 0 Å². The van der Waals surface area contributed by atoms with Gasteiger partial charge in [0.25, 0.3) is 0 Å². The molecular formula is C54H36N2. The fourth-order valence-electron chi connectivity index (χ4n) is 8.65. The monoisotopic (exact) mass is 712 g/mol. The smallest absolute Gasteiger partial charge is 0.0547 e. The molecule has 1 heterocycles. The quantitative estimate of drug-likeness (QED) is 0.149. The summed E-state index contributed by atoms with van der Waals surface area (Å²) in [5.74, 6) is 0. The molecule has 0 aliphatic heterocycles. The summed E-state index contributed by atoms with van der Waals surface area (Å²) < 4.78 is 2.41. The van der Waals surface area contributed by atoms with E-state index in [0.29, 0.717) is 0 Å². The fraction of sp³-hybridized carbons (Fsp3) is 0. The highest BCUT2D eigenvalue weighted by Crippen LogP contribution is 2.44. The molecule has 0 aliphatic carbocycles. The van der Waals surface area contributed by atoms with Crippen molar-refractivity contribution in [1.82, 2.24) is 4.57 Å². The van der Waals surface area contributed by atoms with E-state index in [1.54, 1.807) is 0 Å². The van der Waals surface area contributed by atoms with Crippen molar-refractivity contribution < 1.29 is 0 Å². The van der Waals surface area contributed by atoms with Crippen LogP contribution in [0.2, 0.25) is 0 Å². The Morgan fingerprint density at radius 1 is 0.304 bits per heavy atom. The number of benzene rings is 10. The van der Waals surface area contributed by atoms with Gasteiger partial charge in [0.1, 0.15) is 0 Å². The molecule has 0 radical (unpaired) electrons. The lowest BCUT2D eigenvalue weighted by Gasteiger charge is -2.26. The van der Waals surface area contributed by atoms with Crippen LogP contribution in [0.3, 0.4) is 0 Å². The summed E-state index contributed by atoms with van der Waals surface area (Å²) in [6, 6.07) is 79.3. The van der Waals surface area contributed by atoms with Crippen molar-refractivity contribution in [2.24, 2.45) is 0 Å². The first-order valence-corrected chi connectivity index (χ1v) is 19.3. The molecule has 262 valence electrons. The summed E-state index contributed by atoms with van der Waals surface area (Å²) in [5.41, 5.74) is 14.3. The van der Waals surface area contributed by atoms with E-state index >= 15 is 0 Å². The number of hydrogen-bond donors (Lipinski definition) is 0. The van der Waals surface area contributed by atoms with Gasteiger partial charge < -0.3 is 9.47 Å². The van der Waals surface area contributed by atoms with Crippen molar-refractivity contribution in [2.45, 2.75) is 0 Å². The molecule has 0 saturated heterocycles. The van der Waals surface area contributed by atoms with Gasteiger partial charge in [0, 0.05) is 33.5 Å². The maximum atomic E-state index is 2.41. The van der Waals surface area contributed by atoms with Crippen LogP contribution in [0.15, 0.2) is 218 Å². The Bertz CT molecular complexity index is 3060. The number of hydrogen-bond acceptors (Lipinski definition) is 1. The van der Waals surface area contributed by atoms with Gasteiger partial charge in [-0.2, -0.15) is 0 Å². The van der Waals surface area contributed by atoms with Gasteiger partial charge in [0.2, 0.25) is 0 Å². The molecule has 0 amide bonds. The first-order chi connectivity index (χ1) is 27.8. The summed E-state index contributed by atoms with van der Waals surface area (Å²) in [6.07, 6.45) is 0. The SMILES string of the molecule is c1ccc(-c2ccc(N(c3ccc(-c4ccccc4)cc3)c3ccc4cc(-c5ccc6c7c5ccc5cccc(c57)n6-c5ccccc5)ccc4c3)cc2)cc1. The number of aromatic nitrogens is 1. The minimum Gasteiger partial charge on any atom is -0.310 e.